The molecule has 0 atom stereocenters. The van der Waals surface area contributed by atoms with Crippen molar-refractivity contribution in [3.8, 4) is 0 Å². The van der Waals surface area contributed by atoms with Gasteiger partial charge in [-0.05, 0) is 43.2 Å². The van der Waals surface area contributed by atoms with E-state index in [9.17, 15) is 4.79 Å². The van der Waals surface area contributed by atoms with Gasteiger partial charge in [-0.3, -0.25) is 0 Å². The minimum atomic E-state index is -0.981. The van der Waals surface area contributed by atoms with E-state index >= 15 is 0 Å². The van der Waals surface area contributed by atoms with Crippen molar-refractivity contribution in [3.05, 3.63) is 23.8 Å². The number of nitrogens with one attached hydrogen (secondary N) is 1. The lowest BCUT2D eigenvalue weighted by atomic mass is 9.75. The molecule has 1 saturated carbocycles. The molecule has 1 aromatic rings. The van der Waals surface area contributed by atoms with E-state index in [2.05, 4.69) is 19.2 Å². The number of rotatable bonds is 3. The Hall–Kier alpha value is -1.71. The number of carboxylic acids is 1. The number of carbonyl (C=O) groups is 1. The first kappa shape index (κ1) is 13.7. The second kappa shape index (κ2) is 5.11. The maximum absolute atomic E-state index is 11.0. The van der Waals surface area contributed by atoms with Crippen LogP contribution in [0.4, 0.5) is 11.4 Å². The molecule has 104 valence electrons. The van der Waals surface area contributed by atoms with Gasteiger partial charge in [0, 0.05) is 6.04 Å². The van der Waals surface area contributed by atoms with Crippen molar-refractivity contribution in [1.29, 1.82) is 0 Å². The number of hydrogen-bond donors (Lipinski definition) is 3. The Labute approximate surface area is 114 Å². The molecular formula is C15H22N2O2. The lowest BCUT2D eigenvalue weighted by Gasteiger charge is -2.35. The van der Waals surface area contributed by atoms with Crippen LogP contribution in [0.2, 0.25) is 0 Å². The van der Waals surface area contributed by atoms with Crippen LogP contribution in [0, 0.1) is 5.41 Å². The molecule has 0 radical (unpaired) electrons. The maximum Gasteiger partial charge on any atom is 0.337 e. The predicted molar refractivity (Wildman–Crippen MR) is 77.5 cm³/mol. The lowest BCUT2D eigenvalue weighted by Crippen LogP contribution is -2.30. The average Bonchev–Trinajstić information content (AvgIpc) is 2.34. The minimum absolute atomic E-state index is 0.168. The van der Waals surface area contributed by atoms with Crippen LogP contribution >= 0.6 is 0 Å². The quantitative estimate of drug-likeness (QED) is 0.730. The molecule has 4 nitrogen and oxygen atoms in total. The van der Waals surface area contributed by atoms with Crippen LogP contribution in [0.3, 0.4) is 0 Å². The summed E-state index contributed by atoms with van der Waals surface area (Å²) in [5.74, 6) is -0.981. The smallest absolute Gasteiger partial charge is 0.337 e. The number of nitrogen functional groups attached to an aromatic ring is 1. The van der Waals surface area contributed by atoms with Crippen LogP contribution in [0.15, 0.2) is 18.2 Å². The Morgan fingerprint density at radius 2 is 2.00 bits per heavy atom. The van der Waals surface area contributed by atoms with Gasteiger partial charge in [-0.2, -0.15) is 0 Å². The Morgan fingerprint density at radius 3 is 2.58 bits per heavy atom. The molecule has 1 fully saturated rings. The lowest BCUT2D eigenvalue weighted by molar-refractivity contribution is 0.0698. The standard InChI is InChI=1S/C15H22N2O2/c1-15(2)8-6-10(7-9-15)17-12-5-3-4-11(13(12)16)14(18)19/h3-5,10,17H,6-9,16H2,1-2H3,(H,18,19). The van der Waals surface area contributed by atoms with Gasteiger partial charge < -0.3 is 16.2 Å². The summed E-state index contributed by atoms with van der Waals surface area (Å²) < 4.78 is 0. The topological polar surface area (TPSA) is 75.3 Å². The Morgan fingerprint density at radius 1 is 1.37 bits per heavy atom. The first-order valence-corrected chi connectivity index (χ1v) is 6.77. The summed E-state index contributed by atoms with van der Waals surface area (Å²) in [5, 5.41) is 12.5. The summed E-state index contributed by atoms with van der Waals surface area (Å²) in [4.78, 5) is 11.0. The van der Waals surface area contributed by atoms with Crippen molar-refractivity contribution < 1.29 is 9.90 Å². The summed E-state index contributed by atoms with van der Waals surface area (Å²) in [6, 6.07) is 5.50. The zero-order valence-corrected chi connectivity index (χ0v) is 11.6. The van der Waals surface area contributed by atoms with E-state index in [4.69, 9.17) is 10.8 Å². The second-order valence-corrected chi connectivity index (χ2v) is 6.15. The fourth-order valence-electron chi connectivity index (χ4n) is 2.64. The van der Waals surface area contributed by atoms with E-state index in [0.717, 1.165) is 18.5 Å². The molecule has 0 bridgehead atoms. The van der Waals surface area contributed by atoms with Gasteiger partial charge in [0.15, 0.2) is 0 Å². The SMILES string of the molecule is CC1(C)CCC(Nc2cccc(C(=O)O)c2N)CC1. The van der Waals surface area contributed by atoms with E-state index in [1.54, 1.807) is 6.07 Å². The van der Waals surface area contributed by atoms with Crippen LogP contribution in [0.1, 0.15) is 49.9 Å². The van der Waals surface area contributed by atoms with Crippen molar-refractivity contribution in [3.63, 3.8) is 0 Å². The molecule has 1 aromatic carbocycles. The van der Waals surface area contributed by atoms with Crippen molar-refractivity contribution in [1.82, 2.24) is 0 Å². The van der Waals surface area contributed by atoms with Crippen molar-refractivity contribution in [2.24, 2.45) is 5.41 Å². The van der Waals surface area contributed by atoms with Gasteiger partial charge >= 0.3 is 5.97 Å². The zero-order valence-electron chi connectivity index (χ0n) is 11.6. The number of para-hydroxylation sites is 1. The number of aromatic carboxylic acids is 1. The monoisotopic (exact) mass is 262 g/mol. The molecule has 19 heavy (non-hydrogen) atoms. The Bertz CT molecular complexity index is 473. The van der Waals surface area contributed by atoms with Gasteiger partial charge in [-0.15, -0.1) is 0 Å². The third-order valence-electron chi connectivity index (χ3n) is 4.04. The van der Waals surface area contributed by atoms with E-state index in [-0.39, 0.29) is 5.56 Å². The summed E-state index contributed by atoms with van der Waals surface area (Å²) in [5.41, 5.74) is 7.58. The van der Waals surface area contributed by atoms with E-state index in [0.29, 0.717) is 17.1 Å². The average molecular weight is 262 g/mol. The van der Waals surface area contributed by atoms with E-state index in [1.807, 2.05) is 6.07 Å². The molecule has 1 aliphatic carbocycles. The Balaban J connectivity index is 2.08. The highest BCUT2D eigenvalue weighted by molar-refractivity contribution is 5.97. The molecule has 0 aliphatic heterocycles. The third-order valence-corrected chi connectivity index (χ3v) is 4.04. The summed E-state index contributed by atoms with van der Waals surface area (Å²) >= 11 is 0. The highest BCUT2D eigenvalue weighted by Gasteiger charge is 2.27. The van der Waals surface area contributed by atoms with Crippen LogP contribution < -0.4 is 11.1 Å². The van der Waals surface area contributed by atoms with Crippen LogP contribution in [0.5, 0.6) is 0 Å². The molecule has 0 heterocycles. The Kier molecular flexibility index (Phi) is 3.69. The molecule has 0 amide bonds. The van der Waals surface area contributed by atoms with Gasteiger partial charge in [0.05, 0.1) is 16.9 Å². The number of benzene rings is 1. The van der Waals surface area contributed by atoms with Gasteiger partial charge in [-0.1, -0.05) is 19.9 Å². The van der Waals surface area contributed by atoms with Gasteiger partial charge in [-0.25, -0.2) is 4.79 Å². The van der Waals surface area contributed by atoms with Gasteiger partial charge in [0.2, 0.25) is 0 Å². The highest BCUT2D eigenvalue weighted by Crippen LogP contribution is 2.36. The number of carboxylic acid groups (broad SMARTS) is 1. The molecule has 0 saturated heterocycles. The van der Waals surface area contributed by atoms with Crippen molar-refractivity contribution in [2.75, 3.05) is 11.1 Å². The minimum Gasteiger partial charge on any atom is -0.478 e. The first-order valence-electron chi connectivity index (χ1n) is 6.77. The van der Waals surface area contributed by atoms with Crippen LogP contribution in [-0.2, 0) is 0 Å². The molecule has 4 N–H and O–H groups in total. The zero-order chi connectivity index (χ0) is 14.0. The largest absolute Gasteiger partial charge is 0.478 e. The summed E-state index contributed by atoms with van der Waals surface area (Å²) in [6.07, 6.45) is 4.57. The normalized spacial score (nSPS) is 19.1. The molecule has 2 rings (SSSR count). The number of nitrogens with two attached hydrogens (primary N) is 1. The van der Waals surface area contributed by atoms with Crippen LogP contribution in [-0.4, -0.2) is 17.1 Å². The molecule has 1 aliphatic rings. The molecule has 0 spiro atoms. The van der Waals surface area contributed by atoms with Crippen molar-refractivity contribution >= 4 is 17.3 Å². The van der Waals surface area contributed by atoms with E-state index < -0.39 is 5.97 Å². The summed E-state index contributed by atoms with van der Waals surface area (Å²) in [6.45, 7) is 4.59. The third kappa shape index (κ3) is 3.19. The fourth-order valence-corrected chi connectivity index (χ4v) is 2.64. The van der Waals surface area contributed by atoms with E-state index in [1.165, 1.54) is 18.9 Å². The van der Waals surface area contributed by atoms with Gasteiger partial charge in [0.25, 0.3) is 0 Å². The number of hydrogen-bond acceptors (Lipinski definition) is 3. The first-order chi connectivity index (χ1) is 8.89. The van der Waals surface area contributed by atoms with Gasteiger partial charge in [0.1, 0.15) is 0 Å². The highest BCUT2D eigenvalue weighted by atomic mass is 16.4. The van der Waals surface area contributed by atoms with Crippen LogP contribution in [0.25, 0.3) is 0 Å². The molecular weight excluding hydrogens is 240 g/mol. The molecule has 0 aromatic heterocycles. The number of anilines is 2. The molecule has 0 unspecified atom stereocenters. The second-order valence-electron chi connectivity index (χ2n) is 6.15. The van der Waals surface area contributed by atoms with Crippen molar-refractivity contribution in [2.45, 2.75) is 45.6 Å². The predicted octanol–water partition coefficient (Wildman–Crippen LogP) is 3.35. The summed E-state index contributed by atoms with van der Waals surface area (Å²) in [7, 11) is 0. The maximum atomic E-state index is 11.0. The molecule has 4 heteroatoms. The fraction of sp³-hybridized carbons (Fsp3) is 0.533.